The van der Waals surface area contributed by atoms with Gasteiger partial charge >= 0.3 is 0 Å². The molecule has 2 N–H and O–H groups in total. The summed E-state index contributed by atoms with van der Waals surface area (Å²) in [7, 11) is -3.56. The maximum Gasteiger partial charge on any atom is 0.260 e. The highest BCUT2D eigenvalue weighted by Gasteiger charge is 2.30. The fourth-order valence-corrected chi connectivity index (χ4v) is 3.57. The van der Waals surface area contributed by atoms with Gasteiger partial charge in [-0.3, -0.25) is 5.10 Å². The largest absolute Gasteiger partial charge is 0.392 e. The van der Waals surface area contributed by atoms with Crippen LogP contribution in [0.3, 0.4) is 0 Å². The van der Waals surface area contributed by atoms with E-state index in [1.807, 2.05) is 0 Å². The van der Waals surface area contributed by atoms with Gasteiger partial charge in [-0.1, -0.05) is 6.92 Å². The molecule has 0 unspecified atom stereocenters. The molecule has 2 heterocycles. The number of sulfonamides is 1. The zero-order valence-corrected chi connectivity index (χ0v) is 11.2. The summed E-state index contributed by atoms with van der Waals surface area (Å²) >= 11 is 0. The molecule has 7 nitrogen and oxygen atoms in total. The Labute approximate surface area is 106 Å². The maximum atomic E-state index is 12.3. The number of likely N-dealkylation sites (N-methyl/N-ethyl adjacent to an activating group) is 1. The van der Waals surface area contributed by atoms with Gasteiger partial charge in [-0.05, 0) is 6.54 Å². The number of piperazine rings is 1. The normalized spacial score (nSPS) is 19.2. The van der Waals surface area contributed by atoms with Crippen molar-refractivity contribution in [1.82, 2.24) is 19.4 Å². The number of hydrogen-bond donors (Lipinski definition) is 2. The summed E-state index contributed by atoms with van der Waals surface area (Å²) in [5.41, 5.74) is 0.313. The maximum absolute atomic E-state index is 12.3. The lowest BCUT2D eigenvalue weighted by molar-refractivity contribution is 0.195. The molecule has 0 amide bonds. The van der Waals surface area contributed by atoms with Gasteiger partial charge in [0.05, 0.1) is 12.8 Å². The molecule has 1 saturated heterocycles. The van der Waals surface area contributed by atoms with Crippen molar-refractivity contribution < 1.29 is 13.5 Å². The van der Waals surface area contributed by atoms with Crippen molar-refractivity contribution in [2.24, 2.45) is 0 Å². The van der Waals surface area contributed by atoms with E-state index < -0.39 is 10.0 Å². The molecule has 0 bridgehead atoms. The Kier molecular flexibility index (Phi) is 4.00. The van der Waals surface area contributed by atoms with Gasteiger partial charge in [0, 0.05) is 31.7 Å². The van der Waals surface area contributed by atoms with Crippen molar-refractivity contribution in [3.63, 3.8) is 0 Å². The number of aliphatic hydroxyl groups excluding tert-OH is 1. The second-order valence-electron chi connectivity index (χ2n) is 4.22. The Morgan fingerprint density at radius 2 is 2.06 bits per heavy atom. The lowest BCUT2D eigenvalue weighted by Crippen LogP contribution is -2.48. The molecule has 0 saturated carbocycles. The first-order valence-corrected chi connectivity index (χ1v) is 7.39. The number of nitrogens with zero attached hydrogens (tertiary/aromatic N) is 3. The van der Waals surface area contributed by atoms with Gasteiger partial charge < -0.3 is 10.0 Å². The molecular formula is C10H18N4O3S. The van der Waals surface area contributed by atoms with Crippen LogP contribution in [-0.4, -0.2) is 65.7 Å². The van der Waals surface area contributed by atoms with Gasteiger partial charge in [-0.15, -0.1) is 0 Å². The van der Waals surface area contributed by atoms with Crippen LogP contribution in [0, 0.1) is 0 Å². The van der Waals surface area contributed by atoms with Gasteiger partial charge in [0.1, 0.15) is 0 Å². The van der Waals surface area contributed by atoms with Gasteiger partial charge in [0.25, 0.3) is 10.0 Å². The first-order chi connectivity index (χ1) is 8.59. The second-order valence-corrected chi connectivity index (χ2v) is 6.10. The van der Waals surface area contributed by atoms with E-state index in [1.54, 1.807) is 0 Å². The topological polar surface area (TPSA) is 89.5 Å². The molecule has 1 aliphatic rings. The number of aromatic nitrogens is 2. The number of aromatic amines is 1. The quantitative estimate of drug-likeness (QED) is 0.752. The molecule has 0 radical (unpaired) electrons. The van der Waals surface area contributed by atoms with Crippen molar-refractivity contribution in [3.05, 3.63) is 11.8 Å². The highest BCUT2D eigenvalue weighted by molar-refractivity contribution is 7.89. The Morgan fingerprint density at radius 3 is 2.61 bits per heavy atom. The molecule has 1 aromatic heterocycles. The minimum Gasteiger partial charge on any atom is -0.392 e. The van der Waals surface area contributed by atoms with Crippen LogP contribution in [0.15, 0.2) is 11.2 Å². The van der Waals surface area contributed by atoms with E-state index in [-0.39, 0.29) is 11.6 Å². The van der Waals surface area contributed by atoms with Crippen LogP contribution < -0.4 is 0 Å². The van der Waals surface area contributed by atoms with E-state index in [0.717, 1.165) is 19.6 Å². The molecule has 0 spiro atoms. The molecular weight excluding hydrogens is 256 g/mol. The van der Waals surface area contributed by atoms with Crippen molar-refractivity contribution in [3.8, 4) is 0 Å². The zero-order chi connectivity index (χ0) is 13.2. The second kappa shape index (κ2) is 5.35. The first-order valence-electron chi connectivity index (χ1n) is 5.95. The monoisotopic (exact) mass is 274 g/mol. The van der Waals surface area contributed by atoms with E-state index in [4.69, 9.17) is 5.11 Å². The van der Waals surface area contributed by atoms with Crippen molar-refractivity contribution in [1.29, 1.82) is 0 Å². The predicted octanol–water partition coefficient (Wildman–Crippen LogP) is -0.772. The molecule has 1 fully saturated rings. The van der Waals surface area contributed by atoms with E-state index in [9.17, 15) is 8.42 Å². The smallest absolute Gasteiger partial charge is 0.260 e. The fourth-order valence-electron chi connectivity index (χ4n) is 2.05. The van der Waals surface area contributed by atoms with Gasteiger partial charge in [-0.2, -0.15) is 9.40 Å². The van der Waals surface area contributed by atoms with Gasteiger partial charge in [0.2, 0.25) is 0 Å². The number of H-pyrrole nitrogens is 1. The first kappa shape index (κ1) is 13.5. The third kappa shape index (κ3) is 2.41. The molecule has 18 heavy (non-hydrogen) atoms. The summed E-state index contributed by atoms with van der Waals surface area (Å²) < 4.78 is 26.1. The fraction of sp³-hybridized carbons (Fsp3) is 0.700. The van der Waals surface area contributed by atoms with Crippen LogP contribution in [0.1, 0.15) is 12.5 Å². The molecule has 1 aliphatic heterocycles. The van der Waals surface area contributed by atoms with Crippen LogP contribution >= 0.6 is 0 Å². The number of rotatable bonds is 4. The Bertz CT molecular complexity index is 491. The standard InChI is InChI=1S/C10H18N4O3S/c1-2-13-3-5-14(6-4-13)18(16,17)10-9(8-15)7-11-12-10/h7,15H,2-6,8H2,1H3,(H,11,12). The van der Waals surface area contributed by atoms with E-state index in [2.05, 4.69) is 22.0 Å². The van der Waals surface area contributed by atoms with E-state index in [1.165, 1.54) is 10.5 Å². The molecule has 1 aromatic rings. The van der Waals surface area contributed by atoms with Gasteiger partial charge in [-0.25, -0.2) is 8.42 Å². The predicted molar refractivity (Wildman–Crippen MR) is 65.4 cm³/mol. The number of aliphatic hydroxyl groups is 1. The minimum atomic E-state index is -3.56. The zero-order valence-electron chi connectivity index (χ0n) is 10.3. The third-order valence-corrected chi connectivity index (χ3v) is 5.14. The average Bonchev–Trinajstić information content (AvgIpc) is 2.88. The molecule has 2 rings (SSSR count). The van der Waals surface area contributed by atoms with Crippen LogP contribution in [-0.2, 0) is 16.6 Å². The Balaban J connectivity index is 2.17. The minimum absolute atomic E-state index is 0.00921. The molecule has 0 aliphatic carbocycles. The van der Waals surface area contributed by atoms with E-state index in [0.29, 0.717) is 18.7 Å². The number of nitrogens with one attached hydrogen (secondary N) is 1. The lowest BCUT2D eigenvalue weighted by Gasteiger charge is -2.32. The van der Waals surface area contributed by atoms with Crippen molar-refractivity contribution >= 4 is 10.0 Å². The SMILES string of the molecule is CCN1CCN(S(=O)(=O)c2[nH]ncc2CO)CC1. The Morgan fingerprint density at radius 1 is 1.39 bits per heavy atom. The van der Waals surface area contributed by atoms with Crippen LogP contribution in [0.2, 0.25) is 0 Å². The molecule has 8 heteroatoms. The molecule has 102 valence electrons. The summed E-state index contributed by atoms with van der Waals surface area (Å²) in [5, 5.41) is 15.3. The number of hydrogen-bond acceptors (Lipinski definition) is 5. The van der Waals surface area contributed by atoms with Crippen LogP contribution in [0.25, 0.3) is 0 Å². The average molecular weight is 274 g/mol. The highest BCUT2D eigenvalue weighted by Crippen LogP contribution is 2.18. The Hall–Kier alpha value is -0.960. The summed E-state index contributed by atoms with van der Waals surface area (Å²) in [5.74, 6) is 0. The third-order valence-electron chi connectivity index (χ3n) is 3.22. The van der Waals surface area contributed by atoms with Crippen LogP contribution in [0.4, 0.5) is 0 Å². The molecule has 0 atom stereocenters. The lowest BCUT2D eigenvalue weighted by atomic mass is 10.4. The summed E-state index contributed by atoms with van der Waals surface area (Å²) in [6, 6.07) is 0. The molecule has 0 aromatic carbocycles. The van der Waals surface area contributed by atoms with Crippen molar-refractivity contribution in [2.75, 3.05) is 32.7 Å². The van der Waals surface area contributed by atoms with Crippen molar-refractivity contribution in [2.45, 2.75) is 18.6 Å². The van der Waals surface area contributed by atoms with Crippen LogP contribution in [0.5, 0.6) is 0 Å². The van der Waals surface area contributed by atoms with E-state index >= 15 is 0 Å². The summed E-state index contributed by atoms with van der Waals surface area (Å²) in [6.45, 7) is 5.07. The summed E-state index contributed by atoms with van der Waals surface area (Å²) in [6.07, 6.45) is 1.34. The summed E-state index contributed by atoms with van der Waals surface area (Å²) in [4.78, 5) is 2.20. The van der Waals surface area contributed by atoms with Gasteiger partial charge in [0.15, 0.2) is 5.03 Å². The highest BCUT2D eigenvalue weighted by atomic mass is 32.2.